The Morgan fingerprint density at radius 1 is 1.23 bits per heavy atom. The fraction of sp³-hybridized carbons (Fsp3) is 0.600. The Morgan fingerprint density at radius 3 is 2.37 bits per heavy atom. The van der Waals surface area contributed by atoms with Gasteiger partial charge in [-0.1, -0.05) is 37.3 Å². The average Bonchev–Trinajstić information content (AvgIpc) is 3.05. The van der Waals surface area contributed by atoms with Crippen molar-refractivity contribution in [2.45, 2.75) is 90.2 Å². The van der Waals surface area contributed by atoms with Gasteiger partial charge in [0.2, 0.25) is 0 Å². The Balaban J connectivity index is 2.52. The Bertz CT molecular complexity index is 1000. The largest absolute Gasteiger partial charge is 0.433 e. The summed E-state index contributed by atoms with van der Waals surface area (Å²) >= 11 is 7.63. The fourth-order valence-electron chi connectivity index (χ4n) is 3.75. The maximum Gasteiger partial charge on any atom is 0.411 e. The molecule has 0 saturated heterocycles. The van der Waals surface area contributed by atoms with E-state index < -0.39 is 26.1 Å². The topological polar surface area (TPSA) is 56.6 Å². The maximum atomic E-state index is 14.0. The third-order valence-corrected chi connectivity index (χ3v) is 8.41. The van der Waals surface area contributed by atoms with Gasteiger partial charge >= 0.3 is 6.09 Å². The zero-order chi connectivity index (χ0) is 26.5. The summed E-state index contributed by atoms with van der Waals surface area (Å²) in [6, 6.07) is 5.26. The van der Waals surface area contributed by atoms with E-state index in [0.717, 1.165) is 16.8 Å². The molecule has 0 aliphatic rings. The molecule has 1 aromatic heterocycles. The summed E-state index contributed by atoms with van der Waals surface area (Å²) in [6.45, 7) is 17.6. The minimum atomic E-state index is -1.25. The van der Waals surface area contributed by atoms with Gasteiger partial charge in [-0.3, -0.25) is 0 Å². The monoisotopic (exact) mass is 543 g/mol. The highest BCUT2D eigenvalue weighted by Gasteiger charge is 2.31. The van der Waals surface area contributed by atoms with E-state index >= 15 is 0 Å². The number of benzene rings is 1. The highest BCUT2D eigenvalue weighted by atomic mass is 35.5. The van der Waals surface area contributed by atoms with Crippen LogP contribution in [0.4, 0.5) is 9.18 Å². The SMILES string of the molecule is CSc1nc(C(OC(=O)N(C(C)C)C(C)C)c2ccc(F)c(Cl)c2)n(COCC[Si](C)(C)C)c1C. The number of hydrogen-bond acceptors (Lipinski definition) is 5. The molecule has 1 heterocycles. The first kappa shape index (κ1) is 29.7. The van der Waals surface area contributed by atoms with Crippen LogP contribution in [0.25, 0.3) is 0 Å². The van der Waals surface area contributed by atoms with Crippen LogP contribution < -0.4 is 0 Å². The number of thioether (sulfide) groups is 1. The summed E-state index contributed by atoms with van der Waals surface area (Å²) in [7, 11) is -1.25. The molecule has 10 heteroatoms. The molecule has 0 saturated carbocycles. The minimum Gasteiger partial charge on any atom is -0.433 e. The van der Waals surface area contributed by atoms with Gasteiger partial charge in [0.25, 0.3) is 0 Å². The van der Waals surface area contributed by atoms with Crippen LogP contribution in [-0.4, -0.2) is 53.6 Å². The lowest BCUT2D eigenvalue weighted by molar-refractivity contribution is 0.0455. The van der Waals surface area contributed by atoms with E-state index in [-0.39, 0.29) is 23.8 Å². The fourth-order valence-corrected chi connectivity index (χ4v) is 5.28. The number of aromatic nitrogens is 2. The van der Waals surface area contributed by atoms with Crippen LogP contribution >= 0.6 is 23.4 Å². The van der Waals surface area contributed by atoms with Crippen molar-refractivity contribution >= 4 is 37.5 Å². The summed E-state index contributed by atoms with van der Waals surface area (Å²) in [4.78, 5) is 19.8. The smallest absolute Gasteiger partial charge is 0.411 e. The van der Waals surface area contributed by atoms with Crippen molar-refractivity contribution in [3.05, 3.63) is 46.1 Å². The van der Waals surface area contributed by atoms with Crippen molar-refractivity contribution < 1.29 is 18.7 Å². The third kappa shape index (κ3) is 7.97. The quantitative estimate of drug-likeness (QED) is 0.168. The van der Waals surface area contributed by atoms with Gasteiger partial charge in [-0.05, 0) is 59.1 Å². The van der Waals surface area contributed by atoms with E-state index in [9.17, 15) is 9.18 Å². The van der Waals surface area contributed by atoms with Crippen LogP contribution in [-0.2, 0) is 16.2 Å². The average molecular weight is 544 g/mol. The zero-order valence-corrected chi connectivity index (χ0v) is 24.9. The summed E-state index contributed by atoms with van der Waals surface area (Å²) in [5, 5.41) is 0.770. The van der Waals surface area contributed by atoms with Crippen LogP contribution in [0, 0.1) is 12.7 Å². The Morgan fingerprint density at radius 2 is 1.86 bits per heavy atom. The Kier molecular flexibility index (Phi) is 10.7. The van der Waals surface area contributed by atoms with E-state index in [0.29, 0.717) is 18.0 Å². The Labute approximate surface area is 219 Å². The molecule has 0 bridgehead atoms. The predicted molar refractivity (Wildman–Crippen MR) is 145 cm³/mol. The summed E-state index contributed by atoms with van der Waals surface area (Å²) < 4.78 is 28.0. The maximum absolute atomic E-state index is 14.0. The molecular formula is C25H39ClFN3O3SSi. The number of ether oxygens (including phenoxy) is 2. The molecule has 1 amide bonds. The van der Waals surface area contributed by atoms with Gasteiger partial charge in [0.15, 0.2) is 11.9 Å². The second-order valence-electron chi connectivity index (χ2n) is 10.4. The lowest BCUT2D eigenvalue weighted by Crippen LogP contribution is -2.43. The van der Waals surface area contributed by atoms with Crippen molar-refractivity contribution in [2.75, 3.05) is 12.9 Å². The molecule has 1 atom stereocenters. The number of halogens is 2. The molecule has 0 radical (unpaired) electrons. The normalized spacial score (nSPS) is 12.9. The molecule has 2 rings (SSSR count). The third-order valence-electron chi connectivity index (χ3n) is 5.64. The predicted octanol–water partition coefficient (Wildman–Crippen LogP) is 7.36. The molecule has 0 aliphatic carbocycles. The van der Waals surface area contributed by atoms with Crippen molar-refractivity contribution in [3.8, 4) is 0 Å². The van der Waals surface area contributed by atoms with Crippen molar-refractivity contribution in [3.63, 3.8) is 0 Å². The lowest BCUT2D eigenvalue weighted by atomic mass is 10.1. The molecule has 196 valence electrons. The minimum absolute atomic E-state index is 0.0422. The van der Waals surface area contributed by atoms with E-state index in [1.54, 1.807) is 11.0 Å². The second-order valence-corrected chi connectivity index (χ2v) is 17.2. The van der Waals surface area contributed by atoms with Crippen molar-refractivity contribution in [1.82, 2.24) is 14.5 Å². The van der Waals surface area contributed by atoms with E-state index in [1.807, 2.05) is 45.4 Å². The number of amides is 1. The zero-order valence-electron chi connectivity index (χ0n) is 22.3. The molecule has 35 heavy (non-hydrogen) atoms. The van der Waals surface area contributed by atoms with Gasteiger partial charge in [0.05, 0.1) is 10.7 Å². The van der Waals surface area contributed by atoms with E-state index in [2.05, 4.69) is 19.6 Å². The molecular weight excluding hydrogens is 505 g/mol. The van der Waals surface area contributed by atoms with Crippen LogP contribution in [0.5, 0.6) is 0 Å². The highest BCUT2D eigenvalue weighted by molar-refractivity contribution is 7.98. The molecule has 1 unspecified atom stereocenters. The summed E-state index contributed by atoms with van der Waals surface area (Å²) in [5.74, 6) is -0.0196. The molecule has 0 fully saturated rings. The molecule has 0 N–H and O–H groups in total. The van der Waals surface area contributed by atoms with Crippen LogP contribution in [0.3, 0.4) is 0 Å². The highest BCUT2D eigenvalue weighted by Crippen LogP contribution is 2.33. The van der Waals surface area contributed by atoms with Crippen LogP contribution in [0.2, 0.25) is 30.7 Å². The number of carbonyl (C=O) groups excluding carboxylic acids is 1. The number of nitrogens with zero attached hydrogens (tertiary/aromatic N) is 3. The van der Waals surface area contributed by atoms with Gasteiger partial charge in [-0.25, -0.2) is 14.2 Å². The van der Waals surface area contributed by atoms with Gasteiger partial charge in [0.1, 0.15) is 17.6 Å². The molecule has 6 nitrogen and oxygen atoms in total. The van der Waals surface area contributed by atoms with Crippen LogP contribution in [0.1, 0.15) is 50.9 Å². The molecule has 0 spiro atoms. The Hall–Kier alpha value is -1.55. The van der Waals surface area contributed by atoms with Gasteiger partial charge in [0, 0.05) is 32.3 Å². The first-order chi connectivity index (χ1) is 16.3. The van der Waals surface area contributed by atoms with Crippen molar-refractivity contribution in [1.29, 1.82) is 0 Å². The number of imidazole rings is 1. The van der Waals surface area contributed by atoms with E-state index in [4.69, 9.17) is 26.1 Å². The summed E-state index contributed by atoms with van der Waals surface area (Å²) in [6.07, 6.45) is 0.587. The molecule has 2 aromatic rings. The molecule has 1 aromatic carbocycles. The van der Waals surface area contributed by atoms with Crippen molar-refractivity contribution in [2.24, 2.45) is 0 Å². The molecule has 0 aliphatic heterocycles. The van der Waals surface area contributed by atoms with Crippen LogP contribution in [0.15, 0.2) is 23.2 Å². The van der Waals surface area contributed by atoms with Gasteiger partial charge in [-0.2, -0.15) is 0 Å². The summed E-state index contributed by atoms with van der Waals surface area (Å²) in [5.41, 5.74) is 1.46. The number of carbonyl (C=O) groups is 1. The van der Waals surface area contributed by atoms with E-state index in [1.165, 1.54) is 23.9 Å². The van der Waals surface area contributed by atoms with Gasteiger partial charge < -0.3 is 18.9 Å². The first-order valence-corrected chi connectivity index (χ1v) is 17.2. The number of rotatable bonds is 11. The lowest BCUT2D eigenvalue weighted by Gasteiger charge is -2.31. The number of hydrogen-bond donors (Lipinski definition) is 0. The second kappa shape index (κ2) is 12.6. The standard InChI is InChI=1S/C25H39ClFN3O3SSi/c1-16(2)30(17(3)4)25(31)33-22(19-10-11-21(27)20(26)14-19)23-28-24(34-6)18(5)29(23)15-32-12-13-35(7,8)9/h10-11,14,16-17,22H,12-13,15H2,1-9H3. The van der Waals surface area contributed by atoms with Gasteiger partial charge in [-0.15, -0.1) is 11.8 Å². The first-order valence-electron chi connectivity index (χ1n) is 11.9.